The van der Waals surface area contributed by atoms with Gasteiger partial charge in [-0.25, -0.2) is 4.39 Å². The van der Waals surface area contributed by atoms with Gasteiger partial charge in [-0.05, 0) is 73.9 Å². The van der Waals surface area contributed by atoms with E-state index in [9.17, 15) is 14.0 Å². The highest BCUT2D eigenvalue weighted by Gasteiger charge is 2.32. The summed E-state index contributed by atoms with van der Waals surface area (Å²) in [7, 11) is 0. The van der Waals surface area contributed by atoms with Gasteiger partial charge in [0, 0.05) is 36.1 Å². The van der Waals surface area contributed by atoms with E-state index in [1.54, 1.807) is 0 Å². The molecule has 2 aliphatic heterocycles. The van der Waals surface area contributed by atoms with Crippen LogP contribution in [0.2, 0.25) is 0 Å². The predicted octanol–water partition coefficient (Wildman–Crippen LogP) is 5.62. The maximum atomic E-state index is 13.0. The Morgan fingerprint density at radius 3 is 2.12 bits per heavy atom. The van der Waals surface area contributed by atoms with Crippen molar-refractivity contribution in [3.8, 4) is 0 Å². The quantitative estimate of drug-likeness (QED) is 0.251. The largest absolute Gasteiger partial charge is 0.299 e. The first-order chi connectivity index (χ1) is 16.6. The number of aryl methyl sites for hydroxylation is 1. The highest BCUT2D eigenvalue weighted by atomic mass is 19.1. The smallest absolute Gasteiger partial charge is 0.261 e. The van der Waals surface area contributed by atoms with Gasteiger partial charge in [-0.1, -0.05) is 48.0 Å². The summed E-state index contributed by atoms with van der Waals surface area (Å²) >= 11 is 0. The Kier molecular flexibility index (Phi) is 6.54. The molecule has 2 aliphatic rings. The van der Waals surface area contributed by atoms with E-state index in [1.807, 2.05) is 48.5 Å². The lowest BCUT2D eigenvalue weighted by Gasteiger charge is -2.28. The molecule has 0 spiro atoms. The van der Waals surface area contributed by atoms with Crippen LogP contribution in [0.5, 0.6) is 0 Å². The third-order valence-corrected chi connectivity index (χ3v) is 7.00. The van der Waals surface area contributed by atoms with E-state index < -0.39 is 0 Å². The SMILES string of the molecule is O=C1c2cccc3cccc(c23)C(=O)N1CCCCN1CC=C(CCc2ccc(F)cc2)CC1. The molecular weight excluding hydrogens is 427 g/mol. The summed E-state index contributed by atoms with van der Waals surface area (Å²) in [5.74, 6) is -0.547. The normalized spacial score (nSPS) is 16.3. The molecule has 0 saturated heterocycles. The minimum atomic E-state index is -0.188. The van der Waals surface area contributed by atoms with Crippen molar-refractivity contribution in [2.24, 2.45) is 0 Å². The van der Waals surface area contributed by atoms with Crippen LogP contribution in [-0.4, -0.2) is 47.8 Å². The fraction of sp³-hybridized carbons (Fsp3) is 0.310. The van der Waals surface area contributed by atoms with Crippen molar-refractivity contribution < 1.29 is 14.0 Å². The first kappa shape index (κ1) is 22.5. The van der Waals surface area contributed by atoms with Crippen LogP contribution in [0.15, 0.2) is 72.3 Å². The minimum Gasteiger partial charge on any atom is -0.299 e. The fourth-order valence-electron chi connectivity index (χ4n) is 5.03. The van der Waals surface area contributed by atoms with Crippen molar-refractivity contribution in [3.63, 3.8) is 0 Å². The van der Waals surface area contributed by atoms with Crippen LogP contribution < -0.4 is 0 Å². The van der Waals surface area contributed by atoms with Crippen LogP contribution in [0, 0.1) is 5.82 Å². The number of hydrogen-bond acceptors (Lipinski definition) is 3. The molecule has 3 aromatic rings. The van der Waals surface area contributed by atoms with Gasteiger partial charge in [0.05, 0.1) is 0 Å². The average Bonchev–Trinajstić information content (AvgIpc) is 2.87. The minimum absolute atomic E-state index is 0.180. The maximum Gasteiger partial charge on any atom is 0.261 e. The molecule has 2 amide bonds. The Balaban J connectivity index is 1.09. The molecule has 0 aromatic heterocycles. The zero-order valence-corrected chi connectivity index (χ0v) is 19.3. The topological polar surface area (TPSA) is 40.6 Å². The molecule has 2 heterocycles. The van der Waals surface area contributed by atoms with Crippen LogP contribution in [0.4, 0.5) is 4.39 Å². The third kappa shape index (κ3) is 4.66. The van der Waals surface area contributed by atoms with E-state index in [-0.39, 0.29) is 17.6 Å². The highest BCUT2D eigenvalue weighted by Crippen LogP contribution is 2.30. The molecule has 0 N–H and O–H groups in total. The summed E-state index contributed by atoms with van der Waals surface area (Å²) in [6.07, 6.45) is 7.09. The van der Waals surface area contributed by atoms with Gasteiger partial charge in [0.2, 0.25) is 0 Å². The molecule has 174 valence electrons. The molecule has 5 rings (SSSR count). The summed E-state index contributed by atoms with van der Waals surface area (Å²) in [4.78, 5) is 29.8. The lowest BCUT2D eigenvalue weighted by Crippen LogP contribution is -2.41. The zero-order valence-electron chi connectivity index (χ0n) is 19.3. The Hall–Kier alpha value is -3.31. The van der Waals surface area contributed by atoms with Gasteiger partial charge in [0.25, 0.3) is 11.8 Å². The molecule has 0 aliphatic carbocycles. The molecule has 0 unspecified atom stereocenters. The standard InChI is InChI=1S/C29H29FN2O2/c30-24-13-11-21(12-14-24)9-10-22-15-19-31(20-16-22)17-1-2-18-32-28(33)25-7-3-5-23-6-4-8-26(27(23)25)29(32)34/h3-8,11-15H,1-2,9-10,16-20H2. The number of carbonyl (C=O) groups is 2. The van der Waals surface area contributed by atoms with Crippen LogP contribution in [0.3, 0.4) is 0 Å². The summed E-state index contributed by atoms with van der Waals surface area (Å²) in [5.41, 5.74) is 3.90. The van der Waals surface area contributed by atoms with E-state index in [4.69, 9.17) is 0 Å². The molecule has 0 fully saturated rings. The van der Waals surface area contributed by atoms with Crippen molar-refractivity contribution in [2.75, 3.05) is 26.2 Å². The van der Waals surface area contributed by atoms with Gasteiger partial charge >= 0.3 is 0 Å². The molecular formula is C29H29FN2O2. The number of halogens is 1. The number of imide groups is 1. The van der Waals surface area contributed by atoms with E-state index in [2.05, 4.69) is 11.0 Å². The van der Waals surface area contributed by atoms with E-state index in [0.29, 0.717) is 17.7 Å². The highest BCUT2D eigenvalue weighted by molar-refractivity contribution is 6.25. The van der Waals surface area contributed by atoms with Crippen molar-refractivity contribution in [3.05, 3.63) is 94.8 Å². The number of unbranched alkanes of at least 4 members (excludes halogenated alkanes) is 1. The molecule has 3 aromatic carbocycles. The monoisotopic (exact) mass is 456 g/mol. The fourth-order valence-corrected chi connectivity index (χ4v) is 5.03. The van der Waals surface area contributed by atoms with Crippen LogP contribution in [0.1, 0.15) is 52.0 Å². The average molecular weight is 457 g/mol. The third-order valence-electron chi connectivity index (χ3n) is 7.00. The molecule has 0 atom stereocenters. The summed E-state index contributed by atoms with van der Waals surface area (Å²) < 4.78 is 13.0. The Bertz CT molecular complexity index is 1200. The van der Waals surface area contributed by atoms with Crippen LogP contribution >= 0.6 is 0 Å². The molecule has 4 nitrogen and oxygen atoms in total. The Labute approximate surface area is 199 Å². The Morgan fingerprint density at radius 1 is 0.794 bits per heavy atom. The van der Waals surface area contributed by atoms with E-state index >= 15 is 0 Å². The van der Waals surface area contributed by atoms with Gasteiger partial charge < -0.3 is 0 Å². The van der Waals surface area contributed by atoms with Crippen molar-refractivity contribution in [2.45, 2.75) is 32.1 Å². The first-order valence-corrected chi connectivity index (χ1v) is 12.1. The Morgan fingerprint density at radius 2 is 1.47 bits per heavy atom. The molecule has 0 bridgehead atoms. The van der Waals surface area contributed by atoms with E-state index in [1.165, 1.54) is 28.2 Å². The van der Waals surface area contributed by atoms with Gasteiger partial charge in [-0.3, -0.25) is 19.4 Å². The van der Waals surface area contributed by atoms with Crippen LogP contribution in [0.25, 0.3) is 10.8 Å². The second kappa shape index (κ2) is 9.90. The molecule has 0 saturated carbocycles. The van der Waals surface area contributed by atoms with Crippen molar-refractivity contribution >= 4 is 22.6 Å². The van der Waals surface area contributed by atoms with Crippen molar-refractivity contribution in [1.82, 2.24) is 9.80 Å². The number of nitrogens with zero attached hydrogens (tertiary/aromatic N) is 2. The number of carbonyl (C=O) groups excluding carboxylic acids is 2. The molecule has 34 heavy (non-hydrogen) atoms. The van der Waals surface area contributed by atoms with Crippen LogP contribution in [-0.2, 0) is 6.42 Å². The predicted molar refractivity (Wildman–Crippen MR) is 132 cm³/mol. The second-order valence-electron chi connectivity index (χ2n) is 9.22. The number of rotatable bonds is 8. The number of amides is 2. The zero-order chi connectivity index (χ0) is 23.5. The van der Waals surface area contributed by atoms with Gasteiger partial charge in [0.15, 0.2) is 0 Å². The maximum absolute atomic E-state index is 13.0. The number of hydrogen-bond donors (Lipinski definition) is 0. The lowest BCUT2D eigenvalue weighted by molar-refractivity contribution is 0.0606. The van der Waals surface area contributed by atoms with Gasteiger partial charge in [-0.15, -0.1) is 0 Å². The van der Waals surface area contributed by atoms with Gasteiger partial charge in [0.1, 0.15) is 5.82 Å². The van der Waals surface area contributed by atoms with E-state index in [0.717, 1.165) is 62.5 Å². The number of benzene rings is 3. The summed E-state index contributed by atoms with van der Waals surface area (Å²) in [6, 6.07) is 18.1. The summed E-state index contributed by atoms with van der Waals surface area (Å²) in [5, 5.41) is 1.72. The second-order valence-corrected chi connectivity index (χ2v) is 9.22. The molecule has 0 radical (unpaired) electrons. The lowest BCUT2D eigenvalue weighted by atomic mass is 9.94. The summed E-state index contributed by atoms with van der Waals surface area (Å²) in [6.45, 7) is 3.39. The van der Waals surface area contributed by atoms with Crippen molar-refractivity contribution in [1.29, 1.82) is 0 Å². The molecule has 5 heteroatoms. The van der Waals surface area contributed by atoms with Gasteiger partial charge in [-0.2, -0.15) is 0 Å². The first-order valence-electron chi connectivity index (χ1n) is 12.1.